The van der Waals surface area contributed by atoms with Crippen molar-refractivity contribution in [2.45, 2.75) is 82.6 Å². The SMILES string of the molecule is CC1(C)OC2[C@@H](O1)[C@@H](CO)O[C@@]2(CO[Si](C)(C)C(C)(C)C)n1c(I)cc(=O)[nH]c1=O. The van der Waals surface area contributed by atoms with E-state index in [0.717, 1.165) is 0 Å². The maximum absolute atomic E-state index is 12.9. The number of hydrogen-bond acceptors (Lipinski definition) is 7. The van der Waals surface area contributed by atoms with Crippen molar-refractivity contribution in [3.05, 3.63) is 30.6 Å². The molecule has 0 radical (unpaired) electrons. The first-order chi connectivity index (χ1) is 13.6. The fourth-order valence-electron chi connectivity index (χ4n) is 3.63. The van der Waals surface area contributed by atoms with Gasteiger partial charge in [-0.15, -0.1) is 0 Å². The minimum Gasteiger partial charge on any atom is -0.412 e. The molecule has 0 bridgehead atoms. The number of H-pyrrole nitrogens is 1. The first kappa shape index (κ1) is 24.1. The van der Waals surface area contributed by atoms with Gasteiger partial charge in [-0.05, 0) is 54.6 Å². The first-order valence-corrected chi connectivity index (χ1v) is 13.9. The lowest BCUT2D eigenvalue weighted by atomic mass is 10.0. The Morgan fingerprint density at radius 1 is 1.27 bits per heavy atom. The number of aliphatic hydroxyl groups excluding tert-OH is 1. The number of halogens is 1. The van der Waals surface area contributed by atoms with Crippen molar-refractivity contribution in [3.8, 4) is 0 Å². The molecular weight excluding hydrogens is 523 g/mol. The van der Waals surface area contributed by atoms with Crippen molar-refractivity contribution in [2.75, 3.05) is 13.2 Å². The summed E-state index contributed by atoms with van der Waals surface area (Å²) in [5.41, 5.74) is -2.53. The van der Waals surface area contributed by atoms with E-state index in [2.05, 4.69) is 38.8 Å². The van der Waals surface area contributed by atoms with E-state index < -0.39 is 49.4 Å². The molecule has 4 atom stereocenters. The molecule has 2 saturated heterocycles. The van der Waals surface area contributed by atoms with Gasteiger partial charge in [-0.3, -0.25) is 14.3 Å². The second kappa shape index (κ2) is 7.78. The highest BCUT2D eigenvalue weighted by molar-refractivity contribution is 14.1. The number of nitrogens with one attached hydrogen (secondary N) is 1. The highest BCUT2D eigenvalue weighted by Gasteiger charge is 2.65. The first-order valence-electron chi connectivity index (χ1n) is 9.94. The number of nitrogens with zero attached hydrogens (tertiary/aromatic N) is 1. The average molecular weight is 554 g/mol. The van der Waals surface area contributed by atoms with E-state index in [1.807, 2.05) is 22.6 Å². The van der Waals surface area contributed by atoms with Crippen molar-refractivity contribution in [1.82, 2.24) is 9.55 Å². The van der Waals surface area contributed by atoms with Gasteiger partial charge in [0.15, 0.2) is 14.1 Å². The molecule has 1 unspecified atom stereocenters. The Morgan fingerprint density at radius 3 is 2.43 bits per heavy atom. The molecular formula is C19H31IN2O7Si. The minimum atomic E-state index is -2.24. The quantitative estimate of drug-likeness (QED) is 0.324. The third kappa shape index (κ3) is 4.09. The second-order valence-electron chi connectivity index (χ2n) is 9.85. The lowest BCUT2D eigenvalue weighted by Gasteiger charge is -2.42. The molecule has 11 heteroatoms. The molecule has 0 spiro atoms. The summed E-state index contributed by atoms with van der Waals surface area (Å²) in [4.78, 5) is 27.1. The third-order valence-corrected chi connectivity index (χ3v) is 11.5. The summed E-state index contributed by atoms with van der Waals surface area (Å²) in [6.45, 7) is 13.8. The van der Waals surface area contributed by atoms with E-state index in [9.17, 15) is 14.7 Å². The van der Waals surface area contributed by atoms with Gasteiger partial charge in [0.1, 0.15) is 18.3 Å². The number of hydrogen-bond donors (Lipinski definition) is 2. The van der Waals surface area contributed by atoms with Gasteiger partial charge in [0.25, 0.3) is 5.56 Å². The van der Waals surface area contributed by atoms with Crippen molar-refractivity contribution >= 4 is 30.9 Å². The zero-order valence-electron chi connectivity index (χ0n) is 18.4. The van der Waals surface area contributed by atoms with Crippen LogP contribution in [0.5, 0.6) is 0 Å². The third-order valence-electron chi connectivity index (χ3n) is 6.20. The maximum atomic E-state index is 12.9. The van der Waals surface area contributed by atoms with Gasteiger partial charge in [0, 0.05) is 6.07 Å². The largest absolute Gasteiger partial charge is 0.412 e. The smallest absolute Gasteiger partial charge is 0.331 e. The molecule has 2 N–H and O–H groups in total. The van der Waals surface area contributed by atoms with Gasteiger partial charge in [0.05, 0.1) is 16.9 Å². The molecule has 0 amide bonds. The maximum Gasteiger partial charge on any atom is 0.331 e. The highest BCUT2D eigenvalue weighted by atomic mass is 127. The van der Waals surface area contributed by atoms with Crippen LogP contribution in [-0.2, 0) is 24.4 Å². The second-order valence-corrected chi connectivity index (χ2v) is 15.8. The molecule has 30 heavy (non-hydrogen) atoms. The Balaban J connectivity index is 2.16. The Hall–Kier alpha value is -0.573. The molecule has 170 valence electrons. The topological polar surface area (TPSA) is 112 Å². The molecule has 0 saturated carbocycles. The monoisotopic (exact) mass is 554 g/mol. The van der Waals surface area contributed by atoms with Gasteiger partial charge in [-0.1, -0.05) is 20.8 Å². The zero-order valence-corrected chi connectivity index (χ0v) is 21.6. The van der Waals surface area contributed by atoms with E-state index >= 15 is 0 Å². The summed E-state index contributed by atoms with van der Waals surface area (Å²) in [5.74, 6) is -0.925. The Labute approximate surface area is 190 Å². The standard InChI is InChI=1S/C19H31IN2O7Si/c1-17(2,3)30(6,7)26-10-19(22-12(20)8-13(24)21-16(22)25)15-14(11(9-23)27-19)28-18(4,5)29-15/h8,11,14-15,23H,9-10H2,1-7H3,(H,21,24,25)/t11-,14+,15?,19-/m1/s1. The summed E-state index contributed by atoms with van der Waals surface area (Å²) in [7, 11) is -2.24. The zero-order chi connectivity index (χ0) is 22.7. The van der Waals surface area contributed by atoms with Crippen molar-refractivity contribution < 1.29 is 23.7 Å². The molecule has 0 aliphatic carbocycles. The van der Waals surface area contributed by atoms with Crippen LogP contribution in [-0.4, -0.2) is 60.3 Å². The van der Waals surface area contributed by atoms with Crippen LogP contribution in [0.2, 0.25) is 18.1 Å². The molecule has 3 rings (SSSR count). The summed E-state index contributed by atoms with van der Waals surface area (Å²) < 4.78 is 26.7. The number of ether oxygens (including phenoxy) is 3. The predicted octanol–water partition coefficient (Wildman–Crippen LogP) is 1.73. The number of aromatic nitrogens is 2. The fraction of sp³-hybridized carbons (Fsp3) is 0.789. The summed E-state index contributed by atoms with van der Waals surface area (Å²) in [6.07, 6.45) is -2.02. The summed E-state index contributed by atoms with van der Waals surface area (Å²) in [6, 6.07) is 1.32. The number of aliphatic hydroxyl groups is 1. The van der Waals surface area contributed by atoms with E-state index in [1.54, 1.807) is 13.8 Å². The van der Waals surface area contributed by atoms with E-state index in [0.29, 0.717) is 3.70 Å². The van der Waals surface area contributed by atoms with Gasteiger partial charge >= 0.3 is 5.69 Å². The van der Waals surface area contributed by atoms with Gasteiger partial charge in [-0.2, -0.15) is 0 Å². The molecule has 2 aliphatic rings. The number of rotatable bonds is 5. The highest BCUT2D eigenvalue weighted by Crippen LogP contribution is 2.48. The van der Waals surface area contributed by atoms with Crippen LogP contribution in [0.1, 0.15) is 34.6 Å². The van der Waals surface area contributed by atoms with Crippen LogP contribution in [0.3, 0.4) is 0 Å². The summed E-state index contributed by atoms with van der Waals surface area (Å²) in [5, 5.41) is 9.89. The van der Waals surface area contributed by atoms with E-state index in [4.69, 9.17) is 18.6 Å². The predicted molar refractivity (Wildman–Crippen MR) is 121 cm³/mol. The molecule has 2 aliphatic heterocycles. The summed E-state index contributed by atoms with van der Waals surface area (Å²) >= 11 is 1.93. The van der Waals surface area contributed by atoms with E-state index in [1.165, 1.54) is 10.6 Å². The molecule has 1 aromatic heterocycles. The minimum absolute atomic E-state index is 0.0164. The van der Waals surface area contributed by atoms with Crippen LogP contribution in [0.25, 0.3) is 0 Å². The Kier molecular flexibility index (Phi) is 6.24. The van der Waals surface area contributed by atoms with Crippen LogP contribution in [0.15, 0.2) is 15.7 Å². The average Bonchev–Trinajstić information content (AvgIpc) is 3.03. The lowest BCUT2D eigenvalue weighted by molar-refractivity contribution is -0.244. The van der Waals surface area contributed by atoms with Crippen LogP contribution in [0, 0.1) is 3.70 Å². The Bertz CT molecular complexity index is 923. The fourth-order valence-corrected chi connectivity index (χ4v) is 5.54. The van der Waals surface area contributed by atoms with Gasteiger partial charge < -0.3 is 23.7 Å². The number of aromatic amines is 1. The molecule has 3 heterocycles. The normalized spacial score (nSPS) is 31.2. The lowest BCUT2D eigenvalue weighted by Crippen LogP contribution is -2.57. The molecule has 2 fully saturated rings. The molecule has 9 nitrogen and oxygen atoms in total. The van der Waals surface area contributed by atoms with Crippen LogP contribution in [0.4, 0.5) is 0 Å². The van der Waals surface area contributed by atoms with Gasteiger partial charge in [0.2, 0.25) is 5.72 Å². The van der Waals surface area contributed by atoms with E-state index in [-0.39, 0.29) is 18.3 Å². The Morgan fingerprint density at radius 2 is 1.90 bits per heavy atom. The van der Waals surface area contributed by atoms with Crippen LogP contribution < -0.4 is 11.2 Å². The molecule has 0 aromatic carbocycles. The van der Waals surface area contributed by atoms with Gasteiger partial charge in [-0.25, -0.2) is 4.79 Å². The van der Waals surface area contributed by atoms with Crippen LogP contribution >= 0.6 is 22.6 Å². The van der Waals surface area contributed by atoms with Crippen molar-refractivity contribution in [1.29, 1.82) is 0 Å². The number of fused-ring (bicyclic) bond motifs is 1. The van der Waals surface area contributed by atoms with Crippen molar-refractivity contribution in [3.63, 3.8) is 0 Å². The van der Waals surface area contributed by atoms with Crippen molar-refractivity contribution in [2.24, 2.45) is 0 Å². The molecule has 1 aromatic rings.